The zero-order valence-electron chi connectivity index (χ0n) is 20.8. The van der Waals surface area contributed by atoms with Crippen LogP contribution >= 0.6 is 0 Å². The van der Waals surface area contributed by atoms with Crippen molar-refractivity contribution >= 4 is 23.9 Å². The minimum Gasteiger partial charge on any atom is -0.450 e. The third-order valence-corrected chi connectivity index (χ3v) is 4.74. The van der Waals surface area contributed by atoms with Gasteiger partial charge in [-0.15, -0.1) is 0 Å². The van der Waals surface area contributed by atoms with Gasteiger partial charge >= 0.3 is 12.2 Å². The molecule has 2 rings (SSSR count). The lowest BCUT2D eigenvalue weighted by Crippen LogP contribution is -2.31. The number of hydrogen-bond donors (Lipinski definition) is 4. The van der Waals surface area contributed by atoms with Gasteiger partial charge in [-0.05, 0) is 36.8 Å². The third kappa shape index (κ3) is 9.85. The van der Waals surface area contributed by atoms with Crippen molar-refractivity contribution in [2.24, 2.45) is 0 Å². The second-order valence-corrected chi connectivity index (χ2v) is 7.99. The maximum atomic E-state index is 11.1. The van der Waals surface area contributed by atoms with Gasteiger partial charge in [0, 0.05) is 11.1 Å². The summed E-state index contributed by atoms with van der Waals surface area (Å²) >= 11 is 0. The second-order valence-electron chi connectivity index (χ2n) is 7.99. The van der Waals surface area contributed by atoms with Gasteiger partial charge in [-0.25, -0.2) is 9.59 Å². The molecule has 0 atom stereocenters. The van der Waals surface area contributed by atoms with Crippen molar-refractivity contribution < 1.29 is 19.1 Å². The first-order valence-corrected chi connectivity index (χ1v) is 11.3. The van der Waals surface area contributed by atoms with Crippen LogP contribution < -0.4 is 10.6 Å². The number of alkyl carbamates (subject to hydrolysis) is 2. The quantitative estimate of drug-likeness (QED) is 0.317. The van der Waals surface area contributed by atoms with Crippen LogP contribution in [0.2, 0.25) is 0 Å². The Balaban J connectivity index is 0.000000340. The molecule has 0 spiro atoms. The van der Waals surface area contributed by atoms with Crippen molar-refractivity contribution in [1.82, 2.24) is 10.6 Å². The fourth-order valence-electron chi connectivity index (χ4n) is 2.75. The van der Waals surface area contributed by atoms with Crippen LogP contribution in [0.15, 0.2) is 48.5 Å². The normalized spacial score (nSPS) is 10.1. The first kappa shape index (κ1) is 28.4. The summed E-state index contributed by atoms with van der Waals surface area (Å²) in [5, 5.41) is 20.1. The summed E-state index contributed by atoms with van der Waals surface area (Å²) in [6, 6.07) is 15.1. The fourth-order valence-corrected chi connectivity index (χ4v) is 2.75. The van der Waals surface area contributed by atoms with Gasteiger partial charge in [-0.1, -0.05) is 76.2 Å². The Morgan fingerprint density at radius 2 is 0.971 bits per heavy atom. The van der Waals surface area contributed by atoms with E-state index in [9.17, 15) is 9.59 Å². The molecule has 0 aliphatic rings. The minimum absolute atomic E-state index is 0.0544. The highest BCUT2D eigenvalue weighted by Gasteiger charge is 2.08. The molecule has 0 aromatic heterocycles. The SMILES string of the molecule is CCOC(=O)NC(=N)c1ccc(C(C)C)cc1.CCOC(=O)NC(=N)c1ccc(C(C)C)cc1. The van der Waals surface area contributed by atoms with Crippen LogP contribution in [0, 0.1) is 10.8 Å². The Morgan fingerprint density at radius 3 is 1.21 bits per heavy atom. The number of ether oxygens (including phenoxy) is 2. The number of hydrogen-bond acceptors (Lipinski definition) is 6. The van der Waals surface area contributed by atoms with E-state index in [0.29, 0.717) is 36.2 Å². The highest BCUT2D eigenvalue weighted by molar-refractivity contribution is 6.05. The van der Waals surface area contributed by atoms with Gasteiger partial charge in [0.25, 0.3) is 0 Å². The average molecular weight is 469 g/mol. The summed E-state index contributed by atoms with van der Waals surface area (Å²) in [7, 11) is 0. The second kappa shape index (κ2) is 14.5. The molecule has 2 aromatic carbocycles. The third-order valence-electron chi connectivity index (χ3n) is 4.74. The molecule has 0 radical (unpaired) electrons. The first-order valence-electron chi connectivity index (χ1n) is 11.3. The van der Waals surface area contributed by atoms with Crippen LogP contribution in [0.25, 0.3) is 0 Å². The Labute approximate surface area is 202 Å². The van der Waals surface area contributed by atoms with Crippen molar-refractivity contribution in [3.05, 3.63) is 70.8 Å². The van der Waals surface area contributed by atoms with Crippen molar-refractivity contribution in [2.45, 2.75) is 53.4 Å². The van der Waals surface area contributed by atoms with Crippen LogP contribution in [0.1, 0.15) is 75.6 Å². The standard InChI is InChI=1S/2C13H18N2O2/c2*1-4-17-13(16)15-12(14)11-7-5-10(6-8-11)9(2)3/h2*5-9H,4H2,1-3H3,(H2,14,15,16). The number of carbonyl (C=O) groups is 2. The topological polar surface area (TPSA) is 124 Å². The Hall–Kier alpha value is -3.68. The van der Waals surface area contributed by atoms with E-state index >= 15 is 0 Å². The molecule has 0 unspecified atom stereocenters. The monoisotopic (exact) mass is 468 g/mol. The number of carbonyl (C=O) groups excluding carboxylic acids is 2. The molecule has 8 heteroatoms. The largest absolute Gasteiger partial charge is 0.450 e. The molecule has 34 heavy (non-hydrogen) atoms. The summed E-state index contributed by atoms with van der Waals surface area (Å²) in [4.78, 5) is 22.3. The van der Waals surface area contributed by atoms with E-state index in [-0.39, 0.29) is 11.7 Å². The zero-order chi connectivity index (χ0) is 25.7. The maximum absolute atomic E-state index is 11.1. The van der Waals surface area contributed by atoms with Crippen LogP contribution in [0.3, 0.4) is 0 Å². The van der Waals surface area contributed by atoms with E-state index in [1.165, 1.54) is 11.1 Å². The van der Waals surface area contributed by atoms with Gasteiger partial charge in [-0.2, -0.15) is 0 Å². The van der Waals surface area contributed by atoms with Crippen molar-refractivity contribution in [3.63, 3.8) is 0 Å². The van der Waals surface area contributed by atoms with Crippen molar-refractivity contribution in [3.8, 4) is 0 Å². The molecule has 0 aliphatic carbocycles. The van der Waals surface area contributed by atoms with Gasteiger partial charge in [0.15, 0.2) is 0 Å². The molecule has 4 N–H and O–H groups in total. The summed E-state index contributed by atoms with van der Waals surface area (Å²) in [6.07, 6.45) is -1.18. The molecule has 0 bridgehead atoms. The molecule has 2 aromatic rings. The van der Waals surface area contributed by atoms with Crippen molar-refractivity contribution in [1.29, 1.82) is 10.8 Å². The van der Waals surface area contributed by atoms with Gasteiger partial charge in [0.1, 0.15) is 11.7 Å². The summed E-state index contributed by atoms with van der Waals surface area (Å²) in [5.41, 5.74) is 3.75. The molecular formula is C26H36N4O4. The van der Waals surface area contributed by atoms with E-state index in [2.05, 4.69) is 38.3 Å². The van der Waals surface area contributed by atoms with Crippen LogP contribution in [-0.2, 0) is 9.47 Å². The summed E-state index contributed by atoms with van der Waals surface area (Å²) in [6.45, 7) is 12.5. The molecule has 0 heterocycles. The predicted octanol–water partition coefficient (Wildman–Crippen LogP) is 5.76. The minimum atomic E-state index is -0.592. The Kier molecular flexibility index (Phi) is 12.1. The molecule has 0 saturated heterocycles. The van der Waals surface area contributed by atoms with E-state index in [1.54, 1.807) is 13.8 Å². The summed E-state index contributed by atoms with van der Waals surface area (Å²) in [5.74, 6) is 1.02. The smallest absolute Gasteiger partial charge is 0.412 e. The fraction of sp³-hybridized carbons (Fsp3) is 0.385. The molecule has 2 amide bonds. The van der Waals surface area contributed by atoms with E-state index in [1.807, 2.05) is 48.5 Å². The number of nitrogens with one attached hydrogen (secondary N) is 4. The first-order chi connectivity index (χ1) is 16.1. The van der Waals surface area contributed by atoms with E-state index in [0.717, 1.165) is 0 Å². The molecular weight excluding hydrogens is 432 g/mol. The van der Waals surface area contributed by atoms with Gasteiger partial charge in [-0.3, -0.25) is 21.5 Å². The van der Waals surface area contributed by atoms with Crippen molar-refractivity contribution in [2.75, 3.05) is 13.2 Å². The molecule has 0 aliphatic heterocycles. The lowest BCUT2D eigenvalue weighted by atomic mass is 10.0. The highest BCUT2D eigenvalue weighted by Crippen LogP contribution is 2.15. The molecule has 184 valence electrons. The average Bonchev–Trinajstić information content (AvgIpc) is 2.79. The predicted molar refractivity (Wildman–Crippen MR) is 135 cm³/mol. The highest BCUT2D eigenvalue weighted by atomic mass is 16.6. The number of rotatable bonds is 6. The maximum Gasteiger partial charge on any atom is 0.412 e. The molecule has 0 fully saturated rings. The van der Waals surface area contributed by atoms with Crippen LogP contribution in [0.5, 0.6) is 0 Å². The summed E-state index contributed by atoms with van der Waals surface area (Å²) < 4.78 is 9.41. The van der Waals surface area contributed by atoms with E-state index < -0.39 is 12.2 Å². The number of amidine groups is 2. The lowest BCUT2D eigenvalue weighted by Gasteiger charge is -2.09. The van der Waals surface area contributed by atoms with Crippen LogP contribution in [-0.4, -0.2) is 37.1 Å². The lowest BCUT2D eigenvalue weighted by molar-refractivity contribution is 0.156. The van der Waals surface area contributed by atoms with Crippen LogP contribution in [0.4, 0.5) is 9.59 Å². The van der Waals surface area contributed by atoms with Gasteiger partial charge in [0.2, 0.25) is 0 Å². The molecule has 8 nitrogen and oxygen atoms in total. The van der Waals surface area contributed by atoms with Gasteiger partial charge < -0.3 is 9.47 Å². The number of benzene rings is 2. The zero-order valence-corrected chi connectivity index (χ0v) is 20.8. The Bertz CT molecular complexity index is 872. The van der Waals surface area contributed by atoms with Gasteiger partial charge in [0.05, 0.1) is 13.2 Å². The Morgan fingerprint density at radius 1 is 0.676 bits per heavy atom. The number of amides is 2. The molecule has 0 saturated carbocycles. The van der Waals surface area contributed by atoms with E-state index in [4.69, 9.17) is 20.3 Å².